The number of halogens is 1. The molecule has 132 valence electrons. The summed E-state index contributed by atoms with van der Waals surface area (Å²) in [5.74, 6) is -0.125. The molecule has 2 aromatic rings. The number of benzene rings is 1. The largest absolute Gasteiger partial charge is 0.337 e. The Hall–Kier alpha value is -1.96. The monoisotopic (exact) mass is 379 g/mol. The standard InChI is InChI=1S/C17H18ClN3O3S/c18-13-4-6-15(7-5-13)25(23,24)20-14-8-11-21(12-9-14)17(22)16-3-1-2-10-19-16/h1-7,10,14,20H,8-9,11-12H2. The number of piperidine rings is 1. The highest BCUT2D eigenvalue weighted by Crippen LogP contribution is 2.18. The molecule has 0 bridgehead atoms. The van der Waals surface area contributed by atoms with Crippen LogP contribution in [0.1, 0.15) is 23.3 Å². The van der Waals surface area contributed by atoms with Crippen molar-refractivity contribution in [2.75, 3.05) is 13.1 Å². The maximum absolute atomic E-state index is 12.4. The van der Waals surface area contributed by atoms with Crippen molar-refractivity contribution in [3.63, 3.8) is 0 Å². The Morgan fingerprint density at radius 2 is 1.80 bits per heavy atom. The van der Waals surface area contributed by atoms with E-state index in [-0.39, 0.29) is 16.8 Å². The summed E-state index contributed by atoms with van der Waals surface area (Å²) in [6.07, 6.45) is 2.71. The number of amides is 1. The molecule has 2 heterocycles. The van der Waals surface area contributed by atoms with Gasteiger partial charge in [0.15, 0.2) is 0 Å². The van der Waals surface area contributed by atoms with Crippen molar-refractivity contribution in [1.29, 1.82) is 0 Å². The highest BCUT2D eigenvalue weighted by Gasteiger charge is 2.27. The number of aromatic nitrogens is 1. The number of carbonyl (C=O) groups excluding carboxylic acids is 1. The number of nitrogens with one attached hydrogen (secondary N) is 1. The number of nitrogens with zero attached hydrogens (tertiary/aromatic N) is 2. The summed E-state index contributed by atoms with van der Waals surface area (Å²) in [6.45, 7) is 0.979. The minimum absolute atomic E-state index is 0.125. The normalized spacial score (nSPS) is 16.0. The zero-order valence-corrected chi connectivity index (χ0v) is 15.0. The summed E-state index contributed by atoms with van der Waals surface area (Å²) in [6, 6.07) is 11.1. The first-order valence-electron chi connectivity index (χ1n) is 7.94. The van der Waals surface area contributed by atoms with Crippen LogP contribution in [0.5, 0.6) is 0 Å². The van der Waals surface area contributed by atoms with Crippen LogP contribution >= 0.6 is 11.6 Å². The summed E-state index contributed by atoms with van der Waals surface area (Å²) in [5, 5.41) is 0.486. The van der Waals surface area contributed by atoms with Gasteiger partial charge in [0.25, 0.3) is 5.91 Å². The van der Waals surface area contributed by atoms with Crippen LogP contribution in [-0.2, 0) is 10.0 Å². The summed E-state index contributed by atoms with van der Waals surface area (Å²) in [4.78, 5) is 18.3. The van der Waals surface area contributed by atoms with E-state index in [1.54, 1.807) is 41.4 Å². The Kier molecular flexibility index (Phi) is 5.36. The quantitative estimate of drug-likeness (QED) is 0.884. The SMILES string of the molecule is O=C(c1ccccn1)N1CCC(NS(=O)(=O)c2ccc(Cl)cc2)CC1. The molecule has 1 saturated heterocycles. The van der Waals surface area contributed by atoms with E-state index in [0.29, 0.717) is 36.6 Å². The average Bonchev–Trinajstić information content (AvgIpc) is 2.62. The van der Waals surface area contributed by atoms with Gasteiger partial charge < -0.3 is 4.90 Å². The second kappa shape index (κ2) is 7.51. The van der Waals surface area contributed by atoms with Gasteiger partial charge in [-0.1, -0.05) is 17.7 Å². The van der Waals surface area contributed by atoms with Crippen molar-refractivity contribution >= 4 is 27.5 Å². The maximum Gasteiger partial charge on any atom is 0.272 e. The smallest absolute Gasteiger partial charge is 0.272 e. The molecule has 6 nitrogen and oxygen atoms in total. The number of rotatable bonds is 4. The lowest BCUT2D eigenvalue weighted by molar-refractivity contribution is 0.0705. The van der Waals surface area contributed by atoms with Crippen LogP contribution in [0, 0.1) is 0 Å². The van der Waals surface area contributed by atoms with E-state index in [0.717, 1.165) is 0 Å². The Morgan fingerprint density at radius 3 is 2.40 bits per heavy atom. The summed E-state index contributed by atoms with van der Waals surface area (Å²) >= 11 is 5.79. The second-order valence-corrected chi connectivity index (χ2v) is 8.01. The van der Waals surface area contributed by atoms with E-state index < -0.39 is 10.0 Å². The Balaban J connectivity index is 1.59. The van der Waals surface area contributed by atoms with E-state index in [1.807, 2.05) is 0 Å². The molecule has 1 aromatic heterocycles. The molecule has 3 rings (SSSR count). The predicted octanol–water partition coefficient (Wildman–Crippen LogP) is 2.32. The fraction of sp³-hybridized carbons (Fsp3) is 0.294. The topological polar surface area (TPSA) is 79.4 Å². The first-order valence-corrected chi connectivity index (χ1v) is 9.80. The van der Waals surface area contributed by atoms with Crippen molar-refractivity contribution in [3.8, 4) is 0 Å². The molecule has 0 saturated carbocycles. The molecule has 0 unspecified atom stereocenters. The van der Waals surface area contributed by atoms with Crippen molar-refractivity contribution < 1.29 is 13.2 Å². The zero-order valence-electron chi connectivity index (χ0n) is 13.4. The van der Waals surface area contributed by atoms with E-state index in [2.05, 4.69) is 9.71 Å². The average molecular weight is 380 g/mol. The molecular weight excluding hydrogens is 362 g/mol. The van der Waals surface area contributed by atoms with Crippen LogP contribution in [0.25, 0.3) is 0 Å². The molecule has 1 N–H and O–H groups in total. The molecule has 1 amide bonds. The van der Waals surface area contributed by atoms with Crippen LogP contribution in [0.3, 0.4) is 0 Å². The van der Waals surface area contributed by atoms with Gasteiger partial charge in [0.1, 0.15) is 5.69 Å². The lowest BCUT2D eigenvalue weighted by Crippen LogP contribution is -2.46. The van der Waals surface area contributed by atoms with E-state index in [9.17, 15) is 13.2 Å². The zero-order chi connectivity index (χ0) is 17.9. The van der Waals surface area contributed by atoms with Crippen LogP contribution in [0.4, 0.5) is 0 Å². The molecule has 0 aliphatic carbocycles. The molecule has 8 heteroatoms. The Bertz CT molecular complexity index is 833. The fourth-order valence-corrected chi connectivity index (χ4v) is 4.18. The molecule has 1 aliphatic rings. The fourth-order valence-electron chi connectivity index (χ4n) is 2.75. The molecule has 0 atom stereocenters. The van der Waals surface area contributed by atoms with Gasteiger partial charge in [-0.15, -0.1) is 0 Å². The van der Waals surface area contributed by atoms with Crippen LogP contribution in [-0.4, -0.2) is 43.3 Å². The predicted molar refractivity (Wildman–Crippen MR) is 94.9 cm³/mol. The van der Waals surface area contributed by atoms with Crippen molar-refractivity contribution in [2.24, 2.45) is 0 Å². The minimum atomic E-state index is -3.59. The van der Waals surface area contributed by atoms with Crippen molar-refractivity contribution in [3.05, 3.63) is 59.4 Å². The molecule has 1 aromatic carbocycles. The number of hydrogen-bond donors (Lipinski definition) is 1. The molecular formula is C17H18ClN3O3S. The molecule has 1 fully saturated rings. The number of hydrogen-bond acceptors (Lipinski definition) is 4. The van der Waals surface area contributed by atoms with E-state index in [4.69, 9.17) is 11.6 Å². The lowest BCUT2D eigenvalue weighted by Gasteiger charge is -2.32. The van der Waals surface area contributed by atoms with Crippen molar-refractivity contribution in [2.45, 2.75) is 23.8 Å². The maximum atomic E-state index is 12.4. The second-order valence-electron chi connectivity index (χ2n) is 5.86. The van der Waals surface area contributed by atoms with Gasteiger partial charge in [0, 0.05) is 30.4 Å². The third kappa shape index (κ3) is 4.36. The van der Waals surface area contributed by atoms with Crippen LogP contribution in [0.15, 0.2) is 53.6 Å². The van der Waals surface area contributed by atoms with Gasteiger partial charge in [-0.05, 0) is 49.2 Å². The van der Waals surface area contributed by atoms with Gasteiger partial charge in [-0.3, -0.25) is 9.78 Å². The molecule has 0 spiro atoms. The van der Waals surface area contributed by atoms with Gasteiger partial charge in [-0.2, -0.15) is 0 Å². The third-order valence-corrected chi connectivity index (χ3v) is 5.90. The number of likely N-dealkylation sites (tertiary alicyclic amines) is 1. The van der Waals surface area contributed by atoms with Gasteiger partial charge >= 0.3 is 0 Å². The lowest BCUT2D eigenvalue weighted by atomic mass is 10.1. The van der Waals surface area contributed by atoms with Crippen molar-refractivity contribution in [1.82, 2.24) is 14.6 Å². The first kappa shape index (κ1) is 17.8. The Labute approximate surface area is 151 Å². The summed E-state index contributed by atoms with van der Waals surface area (Å²) in [7, 11) is -3.59. The number of carbonyl (C=O) groups is 1. The van der Waals surface area contributed by atoms with E-state index >= 15 is 0 Å². The summed E-state index contributed by atoms with van der Waals surface area (Å²) < 4.78 is 27.5. The van der Waals surface area contributed by atoms with Gasteiger partial charge in [-0.25, -0.2) is 13.1 Å². The highest BCUT2D eigenvalue weighted by atomic mass is 35.5. The van der Waals surface area contributed by atoms with E-state index in [1.165, 1.54) is 12.1 Å². The third-order valence-electron chi connectivity index (χ3n) is 4.11. The molecule has 0 radical (unpaired) electrons. The number of sulfonamides is 1. The number of pyridine rings is 1. The van der Waals surface area contributed by atoms with Gasteiger partial charge in [0.05, 0.1) is 4.90 Å². The highest BCUT2D eigenvalue weighted by molar-refractivity contribution is 7.89. The van der Waals surface area contributed by atoms with Crippen LogP contribution < -0.4 is 4.72 Å². The first-order chi connectivity index (χ1) is 12.0. The Morgan fingerprint density at radius 1 is 1.12 bits per heavy atom. The molecule has 25 heavy (non-hydrogen) atoms. The van der Waals surface area contributed by atoms with Crippen LogP contribution in [0.2, 0.25) is 5.02 Å². The minimum Gasteiger partial charge on any atom is -0.337 e. The summed E-state index contributed by atoms with van der Waals surface area (Å²) in [5.41, 5.74) is 0.405. The molecule has 1 aliphatic heterocycles. The van der Waals surface area contributed by atoms with Gasteiger partial charge in [0.2, 0.25) is 10.0 Å².